The molecule has 0 saturated carbocycles. The first-order valence-corrected chi connectivity index (χ1v) is 34.1. The number of nitrogens with two attached hydrogens (primary N) is 1. The highest BCUT2D eigenvalue weighted by Crippen LogP contribution is 2.46. The van der Waals surface area contributed by atoms with E-state index < -0.39 is 154 Å². The largest absolute Gasteiger partial charge is 0.505 e. The fourth-order valence-corrected chi connectivity index (χ4v) is 12.7. The molecule has 1 aliphatic heterocycles. The number of piperazine rings is 1. The molecule has 9 rings (SSSR count). The number of primary amides is 1. The van der Waals surface area contributed by atoms with Gasteiger partial charge in [0.2, 0.25) is 40.2 Å². The molecular formula is C49H45Cl2N19O19S5. The van der Waals surface area contributed by atoms with E-state index in [1.807, 2.05) is 4.90 Å². The maximum Gasteiger partial charge on any atom is 0.297 e. The van der Waals surface area contributed by atoms with Crippen LogP contribution in [0.25, 0.3) is 10.8 Å². The molecule has 3 aromatic heterocycles. The van der Waals surface area contributed by atoms with Crippen LogP contribution < -0.4 is 32.1 Å². The van der Waals surface area contributed by atoms with Crippen LogP contribution in [0.3, 0.4) is 0 Å². The van der Waals surface area contributed by atoms with E-state index in [4.69, 9.17) is 28.9 Å². The molecular weight excluding hydrogens is 1390 g/mol. The number of phenolic OH excluding ortho intramolecular Hbond substituents is 1. The molecule has 1 saturated heterocycles. The van der Waals surface area contributed by atoms with Gasteiger partial charge in [-0.05, 0) is 116 Å². The number of carbonyl (C=O) groups excluding carboxylic acids is 1. The molecule has 94 heavy (non-hydrogen) atoms. The second-order valence-electron chi connectivity index (χ2n) is 19.5. The van der Waals surface area contributed by atoms with Crippen molar-refractivity contribution < 1.29 is 79.9 Å². The maximum absolute atomic E-state index is 13.2. The number of halogens is 2. The summed E-state index contributed by atoms with van der Waals surface area (Å²) in [6.07, 6.45) is 0. The molecule has 1 aliphatic rings. The lowest BCUT2D eigenvalue weighted by Gasteiger charge is -2.34. The highest BCUT2D eigenvalue weighted by atomic mass is 35.5. The first-order chi connectivity index (χ1) is 44.0. The Morgan fingerprint density at radius 2 is 1.16 bits per heavy atom. The normalized spacial score (nSPS) is 13.8. The second-order valence-corrected chi connectivity index (χ2v) is 27.1. The monoisotopic (exact) mass is 1430 g/mol. The van der Waals surface area contributed by atoms with Crippen molar-refractivity contribution in [1.29, 1.82) is 0 Å². The summed E-state index contributed by atoms with van der Waals surface area (Å²) in [6, 6.07) is 13.0. The maximum atomic E-state index is 13.2. The number of aromatic nitrogens is 7. The van der Waals surface area contributed by atoms with E-state index >= 15 is 0 Å². The Bertz CT molecular complexity index is 5180. The third-order valence-electron chi connectivity index (χ3n) is 13.4. The van der Waals surface area contributed by atoms with Crippen molar-refractivity contribution in [2.75, 3.05) is 60.1 Å². The molecule has 1 amide bonds. The zero-order chi connectivity index (χ0) is 68.6. The topological polar surface area (TPSA) is 571 Å². The van der Waals surface area contributed by atoms with E-state index in [1.54, 1.807) is 4.90 Å². The number of carbonyl (C=O) groups is 1. The number of nitrogens with one attached hydrogen (secondary N) is 3. The minimum absolute atomic E-state index is 0.00249. The molecule has 0 bridgehead atoms. The minimum Gasteiger partial charge on any atom is -0.505 e. The van der Waals surface area contributed by atoms with Gasteiger partial charge in [0.1, 0.15) is 42.2 Å². The summed E-state index contributed by atoms with van der Waals surface area (Å²) in [6.45, 7) is 4.65. The fraction of sp³-hybridized carbons (Fsp3) is 0.184. The number of pyridine rings is 1. The molecule has 4 heterocycles. The van der Waals surface area contributed by atoms with Crippen molar-refractivity contribution in [3.63, 3.8) is 0 Å². The summed E-state index contributed by atoms with van der Waals surface area (Å²) in [5.41, 5.74) is 0.608. The predicted molar refractivity (Wildman–Crippen MR) is 331 cm³/mol. The van der Waals surface area contributed by atoms with E-state index in [1.165, 1.54) is 19.9 Å². The van der Waals surface area contributed by atoms with Gasteiger partial charge in [-0.15, -0.1) is 20.5 Å². The quantitative estimate of drug-likeness (QED) is 0.0248. The number of phenols is 1. The molecule has 1 fully saturated rings. The highest BCUT2D eigenvalue weighted by molar-refractivity contribution is 7.87. The number of nitrogens with zero attached hydrogens (tertiary/aromatic N) is 15. The number of fused-ring (bicyclic) bond motifs is 1. The zero-order valence-electron chi connectivity index (χ0n) is 47.6. The van der Waals surface area contributed by atoms with Crippen molar-refractivity contribution in [3.8, 4) is 11.6 Å². The average Bonchev–Trinajstić information content (AvgIpc) is 0.798. The van der Waals surface area contributed by atoms with Gasteiger partial charge in [0.05, 0.1) is 22.0 Å². The van der Waals surface area contributed by atoms with Crippen LogP contribution in [0.4, 0.5) is 69.3 Å². The van der Waals surface area contributed by atoms with Crippen LogP contribution in [0.5, 0.6) is 11.6 Å². The lowest BCUT2D eigenvalue weighted by atomic mass is 10.1. The molecule has 494 valence electrons. The van der Waals surface area contributed by atoms with Gasteiger partial charge in [0.25, 0.3) is 62.1 Å². The number of azo groups is 3. The molecule has 0 atom stereocenters. The number of anilines is 6. The third-order valence-corrected chi connectivity index (χ3v) is 18.2. The summed E-state index contributed by atoms with van der Waals surface area (Å²) in [4.78, 5) is 49.2. The van der Waals surface area contributed by atoms with E-state index in [2.05, 4.69) is 76.5 Å². The van der Waals surface area contributed by atoms with Crippen LogP contribution in [0.1, 0.15) is 22.8 Å². The van der Waals surface area contributed by atoms with Gasteiger partial charge in [0.15, 0.2) is 11.4 Å². The van der Waals surface area contributed by atoms with Crippen LogP contribution in [-0.2, 0) is 57.1 Å². The Hall–Kier alpha value is -9.51. The number of hydrogen-bond acceptors (Lipinski definition) is 31. The number of benzene rings is 5. The van der Waals surface area contributed by atoms with Crippen LogP contribution in [-0.4, -0.2) is 160 Å². The Balaban J connectivity index is 0.872. The van der Waals surface area contributed by atoms with Crippen molar-refractivity contribution in [2.24, 2.45) is 36.4 Å². The van der Waals surface area contributed by atoms with Gasteiger partial charge < -0.3 is 36.8 Å². The SMILES string of the molecule is CCn1c(O)c(C(N)=O)c(C)c(N=Nc2ccc(Nc3nc(Cl)nc(NCCN4CCN(c5nc(Cl)nc(Nc6ccc7c(O)c(N=Nc8ccc(N=Nc9ccc(S(=O)(=O)O)cc9)cc8S(=O)(=O)O)c(S(=O)(=O)O)cc7c6S(=O)(=O)O)n5)CC4)n3)cc2S(=O)(=O)O)c1=O. The standard InChI is InChI=1S/C49H45Cl2N19O19S5/c1-3-70-42(73)36(41(52)72)23(2)37(43(70)74)66-64-30-11-6-25(20-33(30)91(78,79)80)54-47-57-44(50)56-46(60-47)53-14-15-68-16-18-69(19-17-68)49-59-45(51)58-48(61-49)55-32-13-10-28-29(40(32)94(87,88)89)22-35(93(84,85)86)38(39(28)71)67-65-31-12-7-26(21-34(31)92(81,82)83)63-62-24-4-8-27(9-5-24)90(75,76)77/h4-13,20-22,71,73H,3,14-19H2,1-2H3,(H2,52,72)(H,75,76,77)(H,78,79,80)(H,81,82,83)(H,84,85,86)(H,87,88,89)(H,55,58,59,61)(H2,53,54,56,57,60). The molecule has 0 spiro atoms. The van der Waals surface area contributed by atoms with Gasteiger partial charge in [0, 0.05) is 67.8 Å². The molecule has 0 radical (unpaired) electrons. The lowest BCUT2D eigenvalue weighted by Crippen LogP contribution is -2.48. The molecule has 5 aromatic carbocycles. The third kappa shape index (κ3) is 15.8. The summed E-state index contributed by atoms with van der Waals surface area (Å²) >= 11 is 12.5. The average molecular weight is 1440 g/mol. The molecule has 0 unspecified atom stereocenters. The van der Waals surface area contributed by atoms with Crippen LogP contribution in [0, 0.1) is 6.92 Å². The van der Waals surface area contributed by atoms with Crippen LogP contribution in [0.2, 0.25) is 10.6 Å². The van der Waals surface area contributed by atoms with E-state index in [0.717, 1.165) is 71.3 Å². The number of amides is 1. The van der Waals surface area contributed by atoms with Gasteiger partial charge in [-0.3, -0.25) is 41.8 Å². The molecule has 8 aromatic rings. The van der Waals surface area contributed by atoms with Crippen molar-refractivity contribution in [2.45, 2.75) is 44.9 Å². The Labute approximate surface area is 539 Å². The smallest absolute Gasteiger partial charge is 0.297 e. The second kappa shape index (κ2) is 26.8. The highest BCUT2D eigenvalue weighted by Gasteiger charge is 2.30. The minimum atomic E-state index is -5.53. The van der Waals surface area contributed by atoms with Crippen molar-refractivity contribution >= 4 is 160 Å². The summed E-state index contributed by atoms with van der Waals surface area (Å²) in [5.74, 6) is -3.53. The van der Waals surface area contributed by atoms with Gasteiger partial charge in [-0.1, -0.05) is 0 Å². The van der Waals surface area contributed by atoms with Gasteiger partial charge in [-0.2, -0.15) is 82.2 Å². The predicted octanol–water partition coefficient (Wildman–Crippen LogP) is 6.72. The van der Waals surface area contributed by atoms with E-state index in [9.17, 15) is 84.7 Å². The van der Waals surface area contributed by atoms with Crippen molar-refractivity contribution in [3.05, 3.63) is 111 Å². The molecule has 0 aliphatic carbocycles. The fourth-order valence-electron chi connectivity index (χ4n) is 9.09. The van der Waals surface area contributed by atoms with Gasteiger partial charge in [-0.25, -0.2) is 0 Å². The Kier molecular flexibility index (Phi) is 19.7. The molecule has 38 nitrogen and oxygen atoms in total. The van der Waals surface area contributed by atoms with E-state index in [0.29, 0.717) is 25.7 Å². The summed E-state index contributed by atoms with van der Waals surface area (Å²) < 4.78 is 176. The first kappa shape index (κ1) is 68.8. The summed E-state index contributed by atoms with van der Waals surface area (Å²) in [5, 5.41) is 51.0. The lowest BCUT2D eigenvalue weighted by molar-refractivity contribution is 0.0995. The Morgan fingerprint density at radius 3 is 1.76 bits per heavy atom. The number of aromatic hydroxyl groups is 2. The Morgan fingerprint density at radius 1 is 0.596 bits per heavy atom. The molecule has 45 heteroatoms. The zero-order valence-corrected chi connectivity index (χ0v) is 53.2. The van der Waals surface area contributed by atoms with E-state index in [-0.39, 0.29) is 71.9 Å². The van der Waals surface area contributed by atoms with Crippen LogP contribution in [0.15, 0.2) is 139 Å². The summed E-state index contributed by atoms with van der Waals surface area (Å²) in [7, 11) is -25.7. The molecule has 12 N–H and O–H groups in total. The van der Waals surface area contributed by atoms with Crippen molar-refractivity contribution in [1.82, 2.24) is 39.4 Å². The number of rotatable bonds is 22. The van der Waals surface area contributed by atoms with Gasteiger partial charge >= 0.3 is 0 Å². The van der Waals surface area contributed by atoms with Crippen LogP contribution >= 0.6 is 23.2 Å². The number of hydrogen-bond donors (Lipinski definition) is 11. The first-order valence-electron chi connectivity index (χ1n) is 26.2.